The summed E-state index contributed by atoms with van der Waals surface area (Å²) in [4.78, 5) is 19.2. The predicted molar refractivity (Wildman–Crippen MR) is 91.1 cm³/mol. The monoisotopic (exact) mass is 318 g/mol. The molecule has 0 spiro atoms. The Morgan fingerprint density at radius 2 is 2.22 bits per heavy atom. The molecule has 0 aliphatic carbocycles. The molecule has 23 heavy (non-hydrogen) atoms. The fourth-order valence-electron chi connectivity index (χ4n) is 3.15. The second-order valence-corrected chi connectivity index (χ2v) is 7.25. The van der Waals surface area contributed by atoms with Gasteiger partial charge in [0.15, 0.2) is 5.82 Å². The van der Waals surface area contributed by atoms with Gasteiger partial charge in [0.05, 0.1) is 5.69 Å². The van der Waals surface area contributed by atoms with Crippen LogP contribution in [0.5, 0.6) is 0 Å². The van der Waals surface area contributed by atoms with E-state index in [-0.39, 0.29) is 11.1 Å². The van der Waals surface area contributed by atoms with Gasteiger partial charge < -0.3 is 5.32 Å². The molecular formula is C16H26N6O. The van der Waals surface area contributed by atoms with Crippen molar-refractivity contribution in [3.05, 3.63) is 22.4 Å². The number of aromatic nitrogens is 4. The molecule has 0 aromatic carbocycles. The largest absolute Gasteiger partial charge is 0.365 e. The van der Waals surface area contributed by atoms with Gasteiger partial charge in [-0.2, -0.15) is 0 Å². The van der Waals surface area contributed by atoms with Crippen LogP contribution >= 0.6 is 0 Å². The molecule has 7 heteroatoms. The number of hydrogen-bond donors (Lipinski definition) is 2. The fourth-order valence-corrected chi connectivity index (χ4v) is 3.15. The number of hydrogen-bond acceptors (Lipinski definition) is 5. The Kier molecular flexibility index (Phi) is 4.14. The van der Waals surface area contributed by atoms with Crippen LogP contribution < -0.4 is 11.0 Å². The van der Waals surface area contributed by atoms with E-state index in [0.717, 1.165) is 25.3 Å². The molecule has 0 amide bonds. The quantitative estimate of drug-likeness (QED) is 0.895. The van der Waals surface area contributed by atoms with Gasteiger partial charge in [0.2, 0.25) is 5.65 Å². The zero-order valence-corrected chi connectivity index (χ0v) is 14.4. The van der Waals surface area contributed by atoms with Crippen molar-refractivity contribution in [3.8, 4) is 0 Å². The van der Waals surface area contributed by atoms with Crippen molar-refractivity contribution < 1.29 is 0 Å². The number of nitrogens with zero attached hydrogens (tertiary/aromatic N) is 4. The summed E-state index contributed by atoms with van der Waals surface area (Å²) in [6, 6.07) is 0.519. The number of likely N-dealkylation sites (N-methyl/N-ethyl adjacent to an activating group) is 1. The van der Waals surface area contributed by atoms with Gasteiger partial charge in [-0.1, -0.05) is 27.7 Å². The van der Waals surface area contributed by atoms with Crippen LogP contribution in [0, 0.1) is 0 Å². The third kappa shape index (κ3) is 3.10. The minimum absolute atomic E-state index is 0.135. The van der Waals surface area contributed by atoms with Gasteiger partial charge in [-0.05, 0) is 25.9 Å². The molecule has 0 bridgehead atoms. The normalized spacial score (nSPS) is 19.6. The van der Waals surface area contributed by atoms with Crippen molar-refractivity contribution in [2.45, 2.75) is 52.0 Å². The van der Waals surface area contributed by atoms with Crippen LogP contribution in [0.4, 0.5) is 5.82 Å². The van der Waals surface area contributed by atoms with E-state index in [1.807, 2.05) is 0 Å². The lowest BCUT2D eigenvalue weighted by Crippen LogP contribution is -2.35. The Morgan fingerprint density at radius 3 is 2.91 bits per heavy atom. The highest BCUT2D eigenvalue weighted by Crippen LogP contribution is 2.23. The first-order valence-electron chi connectivity index (χ1n) is 8.36. The standard InChI is InChI=1S/C16H26N6O/c1-5-21-8-6-7-11(21)9-17-13-14-19-20-15(23)22(14)10-12(18-13)16(2,3)4/h10-11H,5-9H2,1-4H3,(H,17,18)(H,20,23). The first kappa shape index (κ1) is 16.0. The molecule has 0 radical (unpaired) electrons. The zero-order chi connectivity index (χ0) is 16.6. The van der Waals surface area contributed by atoms with Crippen LogP contribution in [0.25, 0.3) is 5.65 Å². The number of H-pyrrole nitrogens is 1. The number of rotatable bonds is 4. The van der Waals surface area contributed by atoms with Crippen LogP contribution in [-0.4, -0.2) is 50.2 Å². The van der Waals surface area contributed by atoms with Crippen molar-refractivity contribution in [2.75, 3.05) is 25.0 Å². The number of likely N-dealkylation sites (tertiary alicyclic amines) is 1. The lowest BCUT2D eigenvalue weighted by Gasteiger charge is -2.24. The van der Waals surface area contributed by atoms with Gasteiger partial charge in [-0.15, -0.1) is 5.10 Å². The molecule has 2 N–H and O–H groups in total. The summed E-state index contributed by atoms with van der Waals surface area (Å²) in [5, 5.41) is 10.0. The van der Waals surface area contributed by atoms with E-state index in [0.29, 0.717) is 17.5 Å². The summed E-state index contributed by atoms with van der Waals surface area (Å²) in [5.74, 6) is 0.679. The van der Waals surface area contributed by atoms with Crippen molar-refractivity contribution in [3.63, 3.8) is 0 Å². The Hall–Kier alpha value is -1.89. The minimum Gasteiger partial charge on any atom is -0.365 e. The van der Waals surface area contributed by atoms with Crippen LogP contribution in [0.3, 0.4) is 0 Å². The molecular weight excluding hydrogens is 292 g/mol. The Balaban J connectivity index is 1.91. The molecule has 1 aliphatic rings. The first-order chi connectivity index (χ1) is 10.9. The highest BCUT2D eigenvalue weighted by molar-refractivity contribution is 5.62. The SMILES string of the molecule is CCN1CCCC1CNc1nc(C(C)(C)C)cn2c(=O)[nH]nc12. The van der Waals surface area contributed by atoms with Gasteiger partial charge in [-0.25, -0.2) is 19.3 Å². The number of fused-ring (bicyclic) bond motifs is 1. The first-order valence-corrected chi connectivity index (χ1v) is 8.36. The Morgan fingerprint density at radius 1 is 1.43 bits per heavy atom. The Bertz CT molecular complexity index is 741. The molecule has 2 aromatic rings. The summed E-state index contributed by atoms with van der Waals surface area (Å²) in [5.41, 5.74) is 1.07. The third-order valence-electron chi connectivity index (χ3n) is 4.58. The van der Waals surface area contributed by atoms with Crippen LogP contribution in [0.1, 0.15) is 46.2 Å². The van der Waals surface area contributed by atoms with E-state index < -0.39 is 0 Å². The summed E-state index contributed by atoms with van der Waals surface area (Å²) in [6.07, 6.45) is 4.22. The van der Waals surface area contributed by atoms with Crippen molar-refractivity contribution in [1.29, 1.82) is 0 Å². The van der Waals surface area contributed by atoms with Crippen molar-refractivity contribution in [1.82, 2.24) is 24.5 Å². The maximum atomic E-state index is 12.0. The van der Waals surface area contributed by atoms with E-state index in [1.165, 1.54) is 12.8 Å². The van der Waals surface area contributed by atoms with Crippen molar-refractivity contribution in [2.24, 2.45) is 0 Å². The minimum atomic E-state index is -0.230. The lowest BCUT2D eigenvalue weighted by atomic mass is 9.93. The summed E-state index contributed by atoms with van der Waals surface area (Å²) >= 11 is 0. The number of aromatic amines is 1. The maximum absolute atomic E-state index is 12.0. The highest BCUT2D eigenvalue weighted by Gasteiger charge is 2.24. The van der Waals surface area contributed by atoms with Gasteiger partial charge in [-0.3, -0.25) is 4.90 Å². The molecule has 1 saturated heterocycles. The van der Waals surface area contributed by atoms with Crippen LogP contribution in [-0.2, 0) is 5.41 Å². The average Bonchev–Trinajstić information content (AvgIpc) is 3.10. The summed E-state index contributed by atoms with van der Waals surface area (Å²) in [7, 11) is 0. The second-order valence-electron chi connectivity index (χ2n) is 7.25. The lowest BCUT2D eigenvalue weighted by molar-refractivity contribution is 0.277. The molecule has 126 valence electrons. The highest BCUT2D eigenvalue weighted by atomic mass is 16.1. The van der Waals surface area contributed by atoms with Crippen LogP contribution in [0.2, 0.25) is 0 Å². The molecule has 1 aliphatic heterocycles. The van der Waals surface area contributed by atoms with E-state index in [4.69, 9.17) is 4.98 Å². The topological polar surface area (TPSA) is 78.3 Å². The van der Waals surface area contributed by atoms with Gasteiger partial charge in [0, 0.05) is 24.2 Å². The second kappa shape index (κ2) is 5.96. The van der Waals surface area contributed by atoms with E-state index in [1.54, 1.807) is 10.6 Å². The smallest absolute Gasteiger partial charge is 0.347 e. The van der Waals surface area contributed by atoms with Crippen LogP contribution in [0.15, 0.2) is 11.0 Å². The van der Waals surface area contributed by atoms with Gasteiger partial charge >= 0.3 is 5.69 Å². The fraction of sp³-hybridized carbons (Fsp3) is 0.688. The molecule has 1 atom stereocenters. The van der Waals surface area contributed by atoms with E-state index in [9.17, 15) is 4.79 Å². The molecule has 2 aromatic heterocycles. The number of nitrogens with one attached hydrogen (secondary N) is 2. The van der Waals surface area contributed by atoms with Gasteiger partial charge in [0.25, 0.3) is 0 Å². The number of anilines is 1. The predicted octanol–water partition coefficient (Wildman–Crippen LogP) is 1.61. The van der Waals surface area contributed by atoms with E-state index in [2.05, 4.69) is 48.1 Å². The molecule has 1 fully saturated rings. The van der Waals surface area contributed by atoms with Gasteiger partial charge in [0.1, 0.15) is 0 Å². The van der Waals surface area contributed by atoms with Crippen molar-refractivity contribution >= 4 is 11.5 Å². The molecule has 3 heterocycles. The molecule has 1 unspecified atom stereocenters. The maximum Gasteiger partial charge on any atom is 0.347 e. The average molecular weight is 318 g/mol. The Labute approximate surface area is 136 Å². The summed E-state index contributed by atoms with van der Waals surface area (Å²) < 4.78 is 1.54. The van der Waals surface area contributed by atoms with E-state index >= 15 is 0 Å². The molecule has 3 rings (SSSR count). The molecule has 7 nitrogen and oxygen atoms in total. The zero-order valence-electron chi connectivity index (χ0n) is 14.4. The molecule has 0 saturated carbocycles. The summed E-state index contributed by atoms with van der Waals surface area (Å²) in [6.45, 7) is 11.5. The third-order valence-corrected chi connectivity index (χ3v) is 4.58.